The molecule has 1 aliphatic rings. The summed E-state index contributed by atoms with van der Waals surface area (Å²) in [7, 11) is 0. The predicted octanol–water partition coefficient (Wildman–Crippen LogP) is 4.12. The van der Waals surface area contributed by atoms with Gasteiger partial charge in [-0.3, -0.25) is 4.79 Å². The fraction of sp³-hybridized carbons (Fsp3) is 0.133. The van der Waals surface area contributed by atoms with Crippen molar-refractivity contribution in [1.29, 1.82) is 0 Å². The third-order valence-corrected chi connectivity index (χ3v) is 4.65. The fourth-order valence-corrected chi connectivity index (χ4v) is 3.02. The number of carbonyl (C=O) groups is 1. The Kier molecular flexibility index (Phi) is 4.17. The van der Waals surface area contributed by atoms with Gasteiger partial charge in [-0.25, -0.2) is 4.39 Å². The van der Waals surface area contributed by atoms with E-state index in [2.05, 4.69) is 38.5 Å². The lowest BCUT2D eigenvalue weighted by Gasteiger charge is -2.29. The number of nitrogens with zero attached hydrogens (tertiary/aromatic N) is 1. The van der Waals surface area contributed by atoms with Crippen molar-refractivity contribution in [2.75, 3.05) is 11.5 Å². The number of hydrogen-bond donors (Lipinski definition) is 0. The summed E-state index contributed by atoms with van der Waals surface area (Å²) in [6.45, 7) is 0.300. The lowest BCUT2D eigenvalue weighted by atomic mass is 10.1. The van der Waals surface area contributed by atoms with Crippen molar-refractivity contribution in [3.8, 4) is 5.75 Å². The Morgan fingerprint density at radius 2 is 2.10 bits per heavy atom. The van der Waals surface area contributed by atoms with E-state index in [1.165, 1.54) is 12.1 Å². The van der Waals surface area contributed by atoms with Gasteiger partial charge in [-0.05, 0) is 64.6 Å². The molecule has 108 valence electrons. The number of halogens is 3. The fourth-order valence-electron chi connectivity index (χ4n) is 2.19. The van der Waals surface area contributed by atoms with Crippen LogP contribution in [0.15, 0.2) is 40.9 Å². The third kappa shape index (κ3) is 3.06. The van der Waals surface area contributed by atoms with E-state index >= 15 is 0 Å². The van der Waals surface area contributed by atoms with E-state index in [0.717, 1.165) is 13.6 Å². The van der Waals surface area contributed by atoms with Gasteiger partial charge in [0.15, 0.2) is 6.61 Å². The molecule has 0 radical (unpaired) electrons. The molecular weight excluding hydrogens is 452 g/mol. The number of ether oxygens (including phenoxy) is 1. The maximum atomic E-state index is 13.4. The molecule has 3 nitrogen and oxygen atoms in total. The van der Waals surface area contributed by atoms with Crippen molar-refractivity contribution in [1.82, 2.24) is 0 Å². The molecule has 21 heavy (non-hydrogen) atoms. The van der Waals surface area contributed by atoms with Crippen LogP contribution in [0.25, 0.3) is 0 Å². The summed E-state index contributed by atoms with van der Waals surface area (Å²) in [6.07, 6.45) is 0. The van der Waals surface area contributed by atoms with Crippen molar-refractivity contribution in [3.05, 3.63) is 55.8 Å². The van der Waals surface area contributed by atoms with Crippen LogP contribution in [0, 0.1) is 9.39 Å². The summed E-state index contributed by atoms with van der Waals surface area (Å²) in [4.78, 5) is 13.8. The van der Waals surface area contributed by atoms with Crippen LogP contribution in [0.1, 0.15) is 5.56 Å². The SMILES string of the molecule is O=C1COc2cc(I)ccc2N1Cc1cc(F)ccc1Br. The van der Waals surface area contributed by atoms with Crippen molar-refractivity contribution in [2.24, 2.45) is 0 Å². The van der Waals surface area contributed by atoms with Crippen LogP contribution >= 0.6 is 38.5 Å². The van der Waals surface area contributed by atoms with Crippen LogP contribution in [0.2, 0.25) is 0 Å². The molecule has 0 bridgehead atoms. The Labute approximate surface area is 143 Å². The minimum Gasteiger partial charge on any atom is -0.482 e. The molecule has 1 aliphatic heterocycles. The first-order valence-electron chi connectivity index (χ1n) is 6.21. The van der Waals surface area contributed by atoms with Crippen molar-refractivity contribution < 1.29 is 13.9 Å². The van der Waals surface area contributed by atoms with E-state index in [1.54, 1.807) is 11.0 Å². The number of anilines is 1. The van der Waals surface area contributed by atoms with E-state index in [9.17, 15) is 9.18 Å². The normalized spacial score (nSPS) is 13.9. The monoisotopic (exact) mass is 461 g/mol. The lowest BCUT2D eigenvalue weighted by molar-refractivity contribution is -0.121. The number of rotatable bonds is 2. The first-order chi connectivity index (χ1) is 10.0. The summed E-state index contributed by atoms with van der Waals surface area (Å²) in [5.41, 5.74) is 1.43. The number of amides is 1. The number of hydrogen-bond acceptors (Lipinski definition) is 2. The highest BCUT2D eigenvalue weighted by Crippen LogP contribution is 2.35. The molecule has 2 aromatic carbocycles. The van der Waals surface area contributed by atoms with Crippen molar-refractivity contribution in [3.63, 3.8) is 0 Å². The summed E-state index contributed by atoms with van der Waals surface area (Å²) in [5, 5.41) is 0. The molecule has 6 heteroatoms. The van der Waals surface area contributed by atoms with Gasteiger partial charge in [-0.15, -0.1) is 0 Å². The zero-order valence-electron chi connectivity index (χ0n) is 10.8. The average Bonchev–Trinajstić information content (AvgIpc) is 2.45. The molecule has 1 heterocycles. The van der Waals surface area contributed by atoms with E-state index in [1.807, 2.05) is 18.2 Å². The molecule has 0 spiro atoms. The lowest BCUT2D eigenvalue weighted by Crippen LogP contribution is -2.38. The van der Waals surface area contributed by atoms with E-state index in [-0.39, 0.29) is 18.3 Å². The van der Waals surface area contributed by atoms with E-state index in [0.29, 0.717) is 18.0 Å². The van der Waals surface area contributed by atoms with Gasteiger partial charge in [-0.1, -0.05) is 15.9 Å². The molecule has 0 fully saturated rings. The highest BCUT2D eigenvalue weighted by Gasteiger charge is 2.26. The number of benzene rings is 2. The Hall–Kier alpha value is -1.15. The Morgan fingerprint density at radius 3 is 2.90 bits per heavy atom. The van der Waals surface area contributed by atoms with Crippen LogP contribution < -0.4 is 9.64 Å². The van der Waals surface area contributed by atoms with Crippen molar-refractivity contribution >= 4 is 50.1 Å². The van der Waals surface area contributed by atoms with Crippen LogP contribution in [0.5, 0.6) is 5.75 Å². The number of carbonyl (C=O) groups excluding carboxylic acids is 1. The van der Waals surface area contributed by atoms with E-state index in [4.69, 9.17) is 4.74 Å². The summed E-state index contributed by atoms with van der Waals surface area (Å²) >= 11 is 5.58. The minimum atomic E-state index is -0.322. The smallest absolute Gasteiger partial charge is 0.265 e. The summed E-state index contributed by atoms with van der Waals surface area (Å²) in [5.74, 6) is 0.214. The van der Waals surface area contributed by atoms with Crippen LogP contribution in [0.3, 0.4) is 0 Å². The minimum absolute atomic E-state index is 0.0000279. The highest BCUT2D eigenvalue weighted by atomic mass is 127. The van der Waals surface area contributed by atoms with Gasteiger partial charge in [-0.2, -0.15) is 0 Å². The molecule has 0 unspecified atom stereocenters. The van der Waals surface area contributed by atoms with Gasteiger partial charge in [0.05, 0.1) is 12.2 Å². The first kappa shape index (κ1) is 14.8. The molecular formula is C15H10BrFINO2. The highest BCUT2D eigenvalue weighted by molar-refractivity contribution is 14.1. The second-order valence-electron chi connectivity index (χ2n) is 4.62. The quantitative estimate of drug-likeness (QED) is 0.629. The summed E-state index contributed by atoms with van der Waals surface area (Å²) in [6, 6.07) is 10.1. The van der Waals surface area contributed by atoms with Gasteiger partial charge in [0.2, 0.25) is 0 Å². The second-order valence-corrected chi connectivity index (χ2v) is 6.72. The molecule has 0 saturated carbocycles. The largest absolute Gasteiger partial charge is 0.482 e. The Balaban J connectivity index is 1.98. The molecule has 0 atom stereocenters. The van der Waals surface area contributed by atoms with Crippen LogP contribution in [-0.4, -0.2) is 12.5 Å². The standard InChI is InChI=1S/C15H10BrFINO2/c16-12-3-1-10(17)5-9(12)7-19-13-4-2-11(18)6-14(13)21-8-15(19)20/h1-6H,7-8H2. The second kappa shape index (κ2) is 5.92. The molecule has 0 aromatic heterocycles. The van der Waals surface area contributed by atoms with Gasteiger partial charge in [0.1, 0.15) is 11.6 Å². The maximum absolute atomic E-state index is 13.4. The Bertz CT molecular complexity index is 723. The molecule has 3 rings (SSSR count). The van der Waals surface area contributed by atoms with Gasteiger partial charge >= 0.3 is 0 Å². The zero-order chi connectivity index (χ0) is 15.0. The van der Waals surface area contributed by atoms with Crippen LogP contribution in [0.4, 0.5) is 10.1 Å². The predicted molar refractivity (Wildman–Crippen MR) is 89.9 cm³/mol. The first-order valence-corrected chi connectivity index (χ1v) is 8.08. The van der Waals surface area contributed by atoms with Crippen LogP contribution in [-0.2, 0) is 11.3 Å². The zero-order valence-corrected chi connectivity index (χ0v) is 14.5. The molecule has 2 aromatic rings. The van der Waals surface area contributed by atoms with Gasteiger partial charge < -0.3 is 9.64 Å². The molecule has 0 N–H and O–H groups in total. The molecule has 0 aliphatic carbocycles. The topological polar surface area (TPSA) is 29.5 Å². The maximum Gasteiger partial charge on any atom is 0.265 e. The summed E-state index contributed by atoms with van der Waals surface area (Å²) < 4.78 is 20.7. The van der Waals surface area contributed by atoms with Gasteiger partial charge in [0.25, 0.3) is 5.91 Å². The third-order valence-electron chi connectivity index (χ3n) is 3.20. The Morgan fingerprint density at radius 1 is 1.29 bits per heavy atom. The number of fused-ring (bicyclic) bond motifs is 1. The van der Waals surface area contributed by atoms with E-state index < -0.39 is 0 Å². The average molecular weight is 462 g/mol. The molecule has 0 saturated heterocycles. The molecule has 1 amide bonds. The van der Waals surface area contributed by atoms with Gasteiger partial charge in [0, 0.05) is 8.04 Å². The van der Waals surface area contributed by atoms with Crippen molar-refractivity contribution in [2.45, 2.75) is 6.54 Å².